The Bertz CT molecular complexity index is 771. The summed E-state index contributed by atoms with van der Waals surface area (Å²) < 4.78 is 7.20. The van der Waals surface area contributed by atoms with Gasteiger partial charge in [-0.15, -0.1) is 0 Å². The third kappa shape index (κ3) is 2.86. The van der Waals surface area contributed by atoms with Crippen molar-refractivity contribution in [2.24, 2.45) is 0 Å². The van der Waals surface area contributed by atoms with Crippen molar-refractivity contribution in [3.8, 4) is 0 Å². The molecule has 25 heavy (non-hydrogen) atoms. The van der Waals surface area contributed by atoms with Gasteiger partial charge in [-0.05, 0) is 37.8 Å². The predicted molar refractivity (Wildman–Crippen MR) is 95.6 cm³/mol. The molecule has 0 atom stereocenters. The van der Waals surface area contributed by atoms with Crippen LogP contribution in [0.2, 0.25) is 0 Å². The first kappa shape index (κ1) is 16.3. The van der Waals surface area contributed by atoms with Crippen molar-refractivity contribution >= 4 is 5.97 Å². The SMILES string of the molecule is CCOC(=O)c1nn(CC)c2c1CN(C1Cc3ccccc3C1)CC2. The van der Waals surface area contributed by atoms with E-state index in [0.717, 1.165) is 44.5 Å². The van der Waals surface area contributed by atoms with Crippen LogP contribution in [0.3, 0.4) is 0 Å². The van der Waals surface area contributed by atoms with Gasteiger partial charge >= 0.3 is 5.97 Å². The van der Waals surface area contributed by atoms with E-state index in [2.05, 4.69) is 41.2 Å². The molecule has 0 saturated heterocycles. The van der Waals surface area contributed by atoms with E-state index in [1.54, 1.807) is 0 Å². The molecular formula is C20H25N3O2. The van der Waals surface area contributed by atoms with Crippen molar-refractivity contribution in [2.45, 2.75) is 52.2 Å². The number of esters is 1. The summed E-state index contributed by atoms with van der Waals surface area (Å²) in [6.45, 7) is 6.90. The molecule has 5 nitrogen and oxygen atoms in total. The van der Waals surface area contributed by atoms with Gasteiger partial charge < -0.3 is 4.74 Å². The van der Waals surface area contributed by atoms with Gasteiger partial charge in [0.2, 0.25) is 0 Å². The van der Waals surface area contributed by atoms with Gasteiger partial charge in [0.05, 0.1) is 6.61 Å². The van der Waals surface area contributed by atoms with E-state index in [9.17, 15) is 4.79 Å². The number of hydrogen-bond acceptors (Lipinski definition) is 4. The van der Waals surface area contributed by atoms with E-state index in [4.69, 9.17) is 4.74 Å². The number of fused-ring (bicyclic) bond motifs is 2. The molecule has 2 heterocycles. The Morgan fingerprint density at radius 1 is 1.24 bits per heavy atom. The summed E-state index contributed by atoms with van der Waals surface area (Å²) >= 11 is 0. The average molecular weight is 339 g/mol. The molecule has 0 spiro atoms. The number of hydrogen-bond donors (Lipinski definition) is 0. The normalized spacial score (nSPS) is 17.4. The number of aryl methyl sites for hydroxylation is 1. The van der Waals surface area contributed by atoms with Gasteiger partial charge in [0.25, 0.3) is 0 Å². The molecule has 0 unspecified atom stereocenters. The van der Waals surface area contributed by atoms with E-state index in [1.807, 2.05) is 11.6 Å². The van der Waals surface area contributed by atoms with E-state index >= 15 is 0 Å². The highest BCUT2D eigenvalue weighted by Gasteiger charge is 2.33. The first-order valence-corrected chi connectivity index (χ1v) is 9.27. The summed E-state index contributed by atoms with van der Waals surface area (Å²) in [7, 11) is 0. The van der Waals surface area contributed by atoms with Crippen molar-refractivity contribution in [2.75, 3.05) is 13.2 Å². The molecule has 0 N–H and O–H groups in total. The quantitative estimate of drug-likeness (QED) is 0.804. The van der Waals surface area contributed by atoms with Crippen LogP contribution in [0.4, 0.5) is 0 Å². The molecule has 1 aliphatic heterocycles. The fraction of sp³-hybridized carbons (Fsp3) is 0.500. The van der Waals surface area contributed by atoms with Crippen molar-refractivity contribution in [3.63, 3.8) is 0 Å². The van der Waals surface area contributed by atoms with Gasteiger partial charge in [0.15, 0.2) is 5.69 Å². The lowest BCUT2D eigenvalue weighted by atomic mass is 10.0. The summed E-state index contributed by atoms with van der Waals surface area (Å²) in [6.07, 6.45) is 3.15. The highest BCUT2D eigenvalue weighted by atomic mass is 16.5. The third-order valence-electron chi connectivity index (χ3n) is 5.48. The maximum absolute atomic E-state index is 12.3. The van der Waals surface area contributed by atoms with Crippen LogP contribution in [0.1, 0.15) is 46.7 Å². The molecular weight excluding hydrogens is 314 g/mol. The zero-order valence-corrected chi connectivity index (χ0v) is 15.0. The summed E-state index contributed by atoms with van der Waals surface area (Å²) in [5, 5.41) is 4.54. The molecule has 0 bridgehead atoms. The second-order valence-electron chi connectivity index (χ2n) is 6.86. The van der Waals surface area contributed by atoms with E-state index in [-0.39, 0.29) is 5.97 Å². The Kier molecular flexibility index (Phi) is 4.34. The minimum atomic E-state index is -0.289. The van der Waals surface area contributed by atoms with Gasteiger partial charge in [-0.25, -0.2) is 4.79 Å². The molecule has 0 saturated carbocycles. The van der Waals surface area contributed by atoms with E-state index in [0.29, 0.717) is 18.3 Å². The van der Waals surface area contributed by atoms with Crippen molar-refractivity contribution in [1.29, 1.82) is 0 Å². The molecule has 0 radical (unpaired) electrons. The van der Waals surface area contributed by atoms with Gasteiger partial charge in [0, 0.05) is 43.4 Å². The van der Waals surface area contributed by atoms with Crippen LogP contribution in [-0.2, 0) is 37.1 Å². The minimum absolute atomic E-state index is 0.289. The van der Waals surface area contributed by atoms with Gasteiger partial charge in [-0.2, -0.15) is 5.10 Å². The Morgan fingerprint density at radius 3 is 2.60 bits per heavy atom. The fourth-order valence-electron chi connectivity index (χ4n) is 4.24. The topological polar surface area (TPSA) is 47.4 Å². The molecule has 1 aromatic heterocycles. The summed E-state index contributed by atoms with van der Waals surface area (Å²) in [5.74, 6) is -0.289. The first-order chi connectivity index (χ1) is 12.2. The van der Waals surface area contributed by atoms with E-state index in [1.165, 1.54) is 16.8 Å². The Morgan fingerprint density at radius 2 is 1.96 bits per heavy atom. The number of carbonyl (C=O) groups excluding carboxylic acids is 1. The number of ether oxygens (including phenoxy) is 1. The Balaban J connectivity index is 1.58. The standard InChI is InChI=1S/C20H25N3O2/c1-3-23-18-9-10-22(13-17(18)19(21-23)20(24)25-4-2)16-11-14-7-5-6-8-15(14)12-16/h5-8,16H,3-4,9-13H2,1-2H3. The summed E-state index contributed by atoms with van der Waals surface area (Å²) in [4.78, 5) is 14.9. The lowest BCUT2D eigenvalue weighted by molar-refractivity contribution is 0.0515. The maximum atomic E-state index is 12.3. The van der Waals surface area contributed by atoms with E-state index < -0.39 is 0 Å². The second-order valence-corrected chi connectivity index (χ2v) is 6.86. The predicted octanol–water partition coefficient (Wildman–Crippen LogP) is 2.61. The molecule has 4 rings (SSSR count). The van der Waals surface area contributed by atoms with Gasteiger partial charge in [-0.3, -0.25) is 9.58 Å². The zero-order valence-electron chi connectivity index (χ0n) is 15.0. The number of nitrogens with zero attached hydrogens (tertiary/aromatic N) is 3. The molecule has 132 valence electrons. The highest BCUT2D eigenvalue weighted by molar-refractivity contribution is 5.89. The largest absolute Gasteiger partial charge is 0.461 e. The fourth-order valence-corrected chi connectivity index (χ4v) is 4.24. The number of benzene rings is 1. The lowest BCUT2D eigenvalue weighted by Gasteiger charge is -2.32. The molecule has 2 aromatic rings. The first-order valence-electron chi connectivity index (χ1n) is 9.27. The minimum Gasteiger partial charge on any atom is -0.461 e. The smallest absolute Gasteiger partial charge is 0.359 e. The molecule has 0 fully saturated rings. The van der Waals surface area contributed by atoms with Gasteiger partial charge in [0.1, 0.15) is 0 Å². The summed E-state index contributed by atoms with van der Waals surface area (Å²) in [5.41, 5.74) is 5.72. The molecule has 1 aliphatic carbocycles. The van der Waals surface area contributed by atoms with Crippen molar-refractivity contribution in [3.05, 3.63) is 52.3 Å². The number of aromatic nitrogens is 2. The molecule has 0 amide bonds. The van der Waals surface area contributed by atoms with Gasteiger partial charge in [-0.1, -0.05) is 24.3 Å². The van der Waals surface area contributed by atoms with Crippen LogP contribution in [0.5, 0.6) is 0 Å². The molecule has 1 aromatic carbocycles. The van der Waals surface area contributed by atoms with Crippen LogP contribution < -0.4 is 0 Å². The highest BCUT2D eigenvalue weighted by Crippen LogP contribution is 2.30. The second kappa shape index (κ2) is 6.64. The summed E-state index contributed by atoms with van der Waals surface area (Å²) in [6, 6.07) is 9.25. The Hall–Kier alpha value is -2.14. The number of rotatable bonds is 4. The maximum Gasteiger partial charge on any atom is 0.359 e. The van der Waals surface area contributed by atoms with Crippen LogP contribution >= 0.6 is 0 Å². The van der Waals surface area contributed by atoms with Crippen LogP contribution in [0.25, 0.3) is 0 Å². The Labute approximate surface area is 148 Å². The average Bonchev–Trinajstić information content (AvgIpc) is 3.22. The van der Waals surface area contributed by atoms with Crippen molar-refractivity contribution in [1.82, 2.24) is 14.7 Å². The monoisotopic (exact) mass is 339 g/mol. The van der Waals surface area contributed by atoms with Crippen LogP contribution in [-0.4, -0.2) is 39.8 Å². The van der Waals surface area contributed by atoms with Crippen molar-refractivity contribution < 1.29 is 9.53 Å². The molecule has 5 heteroatoms. The zero-order chi connectivity index (χ0) is 17.4. The van der Waals surface area contributed by atoms with Crippen LogP contribution in [0, 0.1) is 0 Å². The number of carbonyl (C=O) groups is 1. The molecule has 2 aliphatic rings. The van der Waals surface area contributed by atoms with Crippen LogP contribution in [0.15, 0.2) is 24.3 Å². The third-order valence-corrected chi connectivity index (χ3v) is 5.48. The lowest BCUT2D eigenvalue weighted by Crippen LogP contribution is -2.40.